The lowest BCUT2D eigenvalue weighted by Gasteiger charge is -2.22. The molecule has 0 unspecified atom stereocenters. The van der Waals surface area contributed by atoms with E-state index in [0.29, 0.717) is 4.88 Å². The predicted octanol–water partition coefficient (Wildman–Crippen LogP) is 2.83. The van der Waals surface area contributed by atoms with Gasteiger partial charge >= 0.3 is 6.36 Å². The Bertz CT molecular complexity index is 769. The normalized spacial score (nSPS) is 15.0. The van der Waals surface area contributed by atoms with Crippen molar-refractivity contribution in [1.29, 1.82) is 0 Å². The van der Waals surface area contributed by atoms with Crippen LogP contribution in [-0.4, -0.2) is 26.4 Å². The van der Waals surface area contributed by atoms with Crippen molar-refractivity contribution in [2.75, 3.05) is 6.54 Å². The maximum Gasteiger partial charge on any atom is 0.573 e. The lowest BCUT2D eigenvalue weighted by Crippen LogP contribution is -2.38. The van der Waals surface area contributed by atoms with Gasteiger partial charge in [-0.05, 0) is 42.6 Å². The Kier molecular flexibility index (Phi) is 5.23. The van der Waals surface area contributed by atoms with Gasteiger partial charge in [0.25, 0.3) is 0 Å². The summed E-state index contributed by atoms with van der Waals surface area (Å²) in [7, 11) is -3.99. The first-order valence-corrected chi connectivity index (χ1v) is 8.98. The zero-order valence-electron chi connectivity index (χ0n) is 12.4. The van der Waals surface area contributed by atoms with Crippen LogP contribution in [0.25, 0.3) is 0 Å². The first-order valence-electron chi connectivity index (χ1n) is 6.61. The van der Waals surface area contributed by atoms with Crippen molar-refractivity contribution in [2.45, 2.75) is 23.8 Å². The minimum atomic E-state index is -4.85. The minimum Gasteiger partial charge on any atom is -0.406 e. The average Bonchev–Trinajstić information content (AvgIpc) is 2.99. The molecule has 2 aromatic rings. The maximum absolute atomic E-state index is 12.2. The van der Waals surface area contributed by atoms with E-state index >= 15 is 0 Å². The van der Waals surface area contributed by atoms with E-state index in [-0.39, 0.29) is 11.4 Å². The van der Waals surface area contributed by atoms with E-state index in [1.807, 2.05) is 0 Å². The molecule has 24 heavy (non-hydrogen) atoms. The molecule has 2 rings (SSSR count). The number of alkyl halides is 3. The van der Waals surface area contributed by atoms with E-state index in [4.69, 9.17) is 0 Å². The van der Waals surface area contributed by atoms with Gasteiger partial charge in [0.1, 0.15) is 11.4 Å². The number of aliphatic hydroxyl groups is 1. The molecule has 0 amide bonds. The second-order valence-electron chi connectivity index (χ2n) is 5.09. The fraction of sp³-hybridized carbons (Fsp3) is 0.286. The van der Waals surface area contributed by atoms with Crippen LogP contribution >= 0.6 is 11.3 Å². The molecule has 0 fully saturated rings. The summed E-state index contributed by atoms with van der Waals surface area (Å²) in [5.74, 6) is -0.521. The van der Waals surface area contributed by atoms with Gasteiger partial charge < -0.3 is 9.84 Å². The summed E-state index contributed by atoms with van der Waals surface area (Å²) in [6.07, 6.45) is -4.85. The van der Waals surface area contributed by atoms with Crippen LogP contribution in [0.2, 0.25) is 0 Å². The number of hydrogen-bond acceptors (Lipinski definition) is 5. The van der Waals surface area contributed by atoms with Crippen molar-refractivity contribution in [3.05, 3.63) is 46.7 Å². The Morgan fingerprint density at radius 1 is 1.21 bits per heavy atom. The van der Waals surface area contributed by atoms with Crippen LogP contribution < -0.4 is 9.46 Å². The van der Waals surface area contributed by atoms with Gasteiger partial charge in [0.2, 0.25) is 10.0 Å². The van der Waals surface area contributed by atoms with Crippen molar-refractivity contribution in [1.82, 2.24) is 4.72 Å². The number of ether oxygens (including phenoxy) is 1. The molecule has 0 spiro atoms. The Morgan fingerprint density at radius 3 is 2.33 bits per heavy atom. The highest BCUT2D eigenvalue weighted by molar-refractivity contribution is 7.89. The highest BCUT2D eigenvalue weighted by Crippen LogP contribution is 2.26. The quantitative estimate of drug-likeness (QED) is 0.807. The number of halogens is 3. The molecule has 1 heterocycles. The van der Waals surface area contributed by atoms with Crippen LogP contribution in [0.3, 0.4) is 0 Å². The highest BCUT2D eigenvalue weighted by Gasteiger charge is 2.31. The van der Waals surface area contributed by atoms with Gasteiger partial charge in [-0.3, -0.25) is 0 Å². The van der Waals surface area contributed by atoms with Crippen LogP contribution in [0.15, 0.2) is 46.7 Å². The highest BCUT2D eigenvalue weighted by atomic mass is 32.2. The molecule has 10 heteroatoms. The topological polar surface area (TPSA) is 75.6 Å². The van der Waals surface area contributed by atoms with Crippen molar-refractivity contribution in [2.24, 2.45) is 0 Å². The van der Waals surface area contributed by atoms with Crippen molar-refractivity contribution >= 4 is 21.4 Å². The molecular weight excluding hydrogens is 367 g/mol. The van der Waals surface area contributed by atoms with Gasteiger partial charge in [-0.1, -0.05) is 6.07 Å². The van der Waals surface area contributed by atoms with Crippen molar-refractivity contribution in [3.8, 4) is 5.75 Å². The van der Waals surface area contributed by atoms with Gasteiger partial charge in [-0.15, -0.1) is 24.5 Å². The largest absolute Gasteiger partial charge is 0.573 e. The SMILES string of the molecule is C[C@@](O)(CNS(=O)(=O)c1ccc(OC(F)(F)F)cc1)c1cccs1. The van der Waals surface area contributed by atoms with Crippen LogP contribution in [0.4, 0.5) is 13.2 Å². The monoisotopic (exact) mass is 381 g/mol. The molecule has 0 radical (unpaired) electrons. The second kappa shape index (κ2) is 6.71. The number of nitrogens with one attached hydrogen (secondary N) is 1. The van der Waals surface area contributed by atoms with E-state index in [1.54, 1.807) is 17.5 Å². The van der Waals surface area contributed by atoms with Crippen LogP contribution in [0, 0.1) is 0 Å². The predicted molar refractivity (Wildman–Crippen MR) is 82.2 cm³/mol. The van der Waals surface area contributed by atoms with Crippen LogP contribution in [0.5, 0.6) is 5.75 Å². The van der Waals surface area contributed by atoms with E-state index in [2.05, 4.69) is 9.46 Å². The Labute approximate surface area is 140 Å². The molecule has 0 aliphatic carbocycles. The molecule has 1 atom stereocenters. The minimum absolute atomic E-state index is 0.237. The van der Waals surface area contributed by atoms with E-state index in [1.165, 1.54) is 18.3 Å². The summed E-state index contributed by atoms with van der Waals surface area (Å²) in [4.78, 5) is 0.345. The molecular formula is C14H14F3NO4S2. The Morgan fingerprint density at radius 2 is 1.83 bits per heavy atom. The maximum atomic E-state index is 12.2. The summed E-state index contributed by atoms with van der Waals surface area (Å²) < 4.78 is 66.5. The first kappa shape index (κ1) is 18.7. The molecule has 0 aliphatic rings. The molecule has 5 nitrogen and oxygen atoms in total. The summed E-state index contributed by atoms with van der Waals surface area (Å²) in [5.41, 5.74) is -1.40. The Hall–Kier alpha value is -1.62. The third kappa shape index (κ3) is 4.94. The van der Waals surface area contributed by atoms with E-state index < -0.39 is 27.7 Å². The molecule has 1 aromatic heterocycles. The smallest absolute Gasteiger partial charge is 0.406 e. The summed E-state index contributed by atoms with van der Waals surface area (Å²) >= 11 is 1.28. The fourth-order valence-electron chi connectivity index (χ4n) is 1.81. The van der Waals surface area contributed by atoms with Gasteiger partial charge in [0.05, 0.1) is 4.90 Å². The molecule has 0 saturated carbocycles. The number of thiophene rings is 1. The summed E-state index contributed by atoms with van der Waals surface area (Å²) in [6, 6.07) is 7.18. The molecule has 0 bridgehead atoms. The molecule has 0 saturated heterocycles. The molecule has 132 valence electrons. The molecule has 2 N–H and O–H groups in total. The standard InChI is InChI=1S/C14H14F3NO4S2/c1-13(19,12-3-2-8-23-12)9-18-24(20,21)11-6-4-10(5-7-11)22-14(15,16)17/h2-8,18-19H,9H2,1H3/t13-/m1/s1. The average molecular weight is 381 g/mol. The first-order chi connectivity index (χ1) is 11.0. The lowest BCUT2D eigenvalue weighted by molar-refractivity contribution is -0.274. The second-order valence-corrected chi connectivity index (χ2v) is 7.81. The summed E-state index contributed by atoms with van der Waals surface area (Å²) in [6.45, 7) is 1.18. The fourth-order valence-corrected chi connectivity index (χ4v) is 3.73. The Balaban J connectivity index is 2.08. The zero-order valence-corrected chi connectivity index (χ0v) is 14.0. The van der Waals surface area contributed by atoms with E-state index in [0.717, 1.165) is 24.3 Å². The summed E-state index contributed by atoms with van der Waals surface area (Å²) in [5, 5.41) is 12.0. The molecule has 0 aliphatic heterocycles. The van der Waals surface area contributed by atoms with Crippen molar-refractivity contribution < 1.29 is 31.4 Å². The van der Waals surface area contributed by atoms with Crippen LogP contribution in [-0.2, 0) is 15.6 Å². The van der Waals surface area contributed by atoms with Gasteiger partial charge in [-0.2, -0.15) is 0 Å². The lowest BCUT2D eigenvalue weighted by atomic mass is 10.1. The number of rotatable bonds is 6. The number of benzene rings is 1. The van der Waals surface area contributed by atoms with E-state index in [9.17, 15) is 26.7 Å². The number of hydrogen-bond donors (Lipinski definition) is 2. The third-order valence-electron chi connectivity index (χ3n) is 3.03. The molecule has 1 aromatic carbocycles. The third-order valence-corrected chi connectivity index (χ3v) is 5.57. The number of sulfonamides is 1. The van der Waals surface area contributed by atoms with Gasteiger partial charge in [0, 0.05) is 11.4 Å². The van der Waals surface area contributed by atoms with Gasteiger partial charge in [-0.25, -0.2) is 13.1 Å². The van der Waals surface area contributed by atoms with Crippen molar-refractivity contribution in [3.63, 3.8) is 0 Å². The van der Waals surface area contributed by atoms with Crippen LogP contribution in [0.1, 0.15) is 11.8 Å². The zero-order chi connectivity index (χ0) is 18.0. The van der Waals surface area contributed by atoms with Gasteiger partial charge in [0.15, 0.2) is 0 Å².